The number of aromatic nitrogens is 2. The van der Waals surface area contributed by atoms with Crippen molar-refractivity contribution in [2.24, 2.45) is 0 Å². The maximum absolute atomic E-state index is 12.0. The number of amides is 1. The Morgan fingerprint density at radius 1 is 1.25 bits per heavy atom. The van der Waals surface area contributed by atoms with E-state index >= 15 is 0 Å². The Hall–Kier alpha value is -2.25. The summed E-state index contributed by atoms with van der Waals surface area (Å²) in [7, 11) is 0. The molecule has 2 rings (SSSR count). The smallest absolute Gasteiger partial charge is 0.282 e. The van der Waals surface area contributed by atoms with Crippen LogP contribution in [-0.2, 0) is 0 Å². The van der Waals surface area contributed by atoms with Crippen molar-refractivity contribution in [3.8, 4) is 0 Å². The number of carbonyl (C=O) groups excluding carboxylic acids is 1. The van der Waals surface area contributed by atoms with Gasteiger partial charge >= 0.3 is 0 Å². The minimum atomic E-state index is -0.692. The van der Waals surface area contributed by atoms with Crippen LogP contribution in [0, 0.1) is 10.1 Å². The summed E-state index contributed by atoms with van der Waals surface area (Å²) in [6, 6.07) is 6.82. The van der Waals surface area contributed by atoms with E-state index in [0.717, 1.165) is 0 Å². The second-order valence-corrected chi connectivity index (χ2v) is 4.30. The lowest BCUT2D eigenvalue weighted by molar-refractivity contribution is -0.385. The minimum Gasteiger partial charge on any atom is -0.306 e. The monoisotopic (exact) mass is 312 g/mol. The molecule has 1 amide bonds. The van der Waals surface area contributed by atoms with E-state index in [9.17, 15) is 14.9 Å². The van der Waals surface area contributed by atoms with Crippen molar-refractivity contribution in [2.45, 2.75) is 0 Å². The Balaban J connectivity index is 2.31. The van der Waals surface area contributed by atoms with Crippen LogP contribution >= 0.6 is 23.2 Å². The average Bonchev–Trinajstić information content (AvgIpc) is 2.37. The summed E-state index contributed by atoms with van der Waals surface area (Å²) < 4.78 is 0. The predicted molar refractivity (Wildman–Crippen MR) is 73.1 cm³/mol. The molecule has 1 aromatic heterocycles. The van der Waals surface area contributed by atoms with Crippen LogP contribution in [0.4, 0.5) is 11.5 Å². The third-order valence-corrected chi connectivity index (χ3v) is 2.62. The van der Waals surface area contributed by atoms with Crippen molar-refractivity contribution >= 4 is 40.6 Å². The Morgan fingerprint density at radius 2 is 1.95 bits per heavy atom. The van der Waals surface area contributed by atoms with Crippen LogP contribution in [-0.4, -0.2) is 20.8 Å². The zero-order chi connectivity index (χ0) is 14.7. The summed E-state index contributed by atoms with van der Waals surface area (Å²) in [6.07, 6.45) is 0. The lowest BCUT2D eigenvalue weighted by Crippen LogP contribution is -2.15. The van der Waals surface area contributed by atoms with E-state index in [1.165, 1.54) is 30.3 Å². The third kappa shape index (κ3) is 3.19. The second kappa shape index (κ2) is 5.81. The molecule has 1 aromatic carbocycles. The van der Waals surface area contributed by atoms with E-state index in [1.807, 2.05) is 0 Å². The van der Waals surface area contributed by atoms with Gasteiger partial charge in [-0.1, -0.05) is 23.7 Å². The van der Waals surface area contributed by atoms with Gasteiger partial charge in [0, 0.05) is 12.1 Å². The first-order valence-electron chi connectivity index (χ1n) is 5.22. The fourth-order valence-corrected chi connectivity index (χ4v) is 1.87. The number of nitrogens with zero attached hydrogens (tertiary/aromatic N) is 3. The average molecular weight is 313 g/mol. The molecule has 0 atom stereocenters. The van der Waals surface area contributed by atoms with Gasteiger partial charge in [-0.05, 0) is 17.7 Å². The summed E-state index contributed by atoms with van der Waals surface area (Å²) in [4.78, 5) is 29.6. The number of rotatable bonds is 3. The largest absolute Gasteiger partial charge is 0.306 e. The van der Waals surface area contributed by atoms with Crippen LogP contribution in [0.25, 0.3) is 0 Å². The fourth-order valence-electron chi connectivity index (χ4n) is 1.46. The first-order chi connectivity index (χ1) is 9.47. The molecule has 20 heavy (non-hydrogen) atoms. The number of nitro benzene ring substituents is 1. The maximum atomic E-state index is 12.0. The first kappa shape index (κ1) is 14.2. The summed E-state index contributed by atoms with van der Waals surface area (Å²) >= 11 is 11.3. The number of hydrogen-bond donors (Lipinski definition) is 1. The predicted octanol–water partition coefficient (Wildman–Crippen LogP) is 2.94. The van der Waals surface area contributed by atoms with Gasteiger partial charge in [0.15, 0.2) is 0 Å². The first-order valence-corrected chi connectivity index (χ1v) is 5.98. The van der Waals surface area contributed by atoms with Gasteiger partial charge in [0.2, 0.25) is 5.28 Å². The molecule has 2 aromatic rings. The molecule has 0 aliphatic carbocycles. The van der Waals surface area contributed by atoms with Crippen molar-refractivity contribution in [3.05, 3.63) is 56.4 Å². The maximum Gasteiger partial charge on any atom is 0.282 e. The number of nitro groups is 1. The van der Waals surface area contributed by atoms with Gasteiger partial charge in [-0.25, -0.2) is 9.97 Å². The van der Waals surface area contributed by atoms with Crippen LogP contribution < -0.4 is 5.32 Å². The van der Waals surface area contributed by atoms with Crippen molar-refractivity contribution < 1.29 is 9.72 Å². The van der Waals surface area contributed by atoms with Gasteiger partial charge in [-0.15, -0.1) is 0 Å². The lowest BCUT2D eigenvalue weighted by Gasteiger charge is -2.05. The number of anilines is 1. The van der Waals surface area contributed by atoms with Crippen LogP contribution in [0.5, 0.6) is 0 Å². The molecule has 102 valence electrons. The second-order valence-electron chi connectivity index (χ2n) is 3.57. The molecule has 0 aliphatic rings. The highest BCUT2D eigenvalue weighted by molar-refractivity contribution is 6.32. The normalized spacial score (nSPS) is 10.1. The SMILES string of the molecule is O=C(Nc1cc(Cl)nc(Cl)n1)c1ccccc1[N+](=O)[O-]. The van der Waals surface area contributed by atoms with E-state index in [1.54, 1.807) is 0 Å². The minimum absolute atomic E-state index is 0.0443. The van der Waals surface area contributed by atoms with E-state index in [0.29, 0.717) is 0 Å². The van der Waals surface area contributed by atoms with Gasteiger partial charge in [-0.2, -0.15) is 0 Å². The summed E-state index contributed by atoms with van der Waals surface area (Å²) in [5, 5.41) is 13.1. The van der Waals surface area contributed by atoms with Gasteiger partial charge < -0.3 is 5.32 Å². The summed E-state index contributed by atoms with van der Waals surface area (Å²) in [5.41, 5.74) is -0.403. The third-order valence-electron chi connectivity index (χ3n) is 2.25. The van der Waals surface area contributed by atoms with Gasteiger partial charge in [0.1, 0.15) is 16.5 Å². The van der Waals surface area contributed by atoms with Crippen LogP contribution in [0.2, 0.25) is 10.4 Å². The van der Waals surface area contributed by atoms with Crippen LogP contribution in [0.15, 0.2) is 30.3 Å². The highest BCUT2D eigenvalue weighted by atomic mass is 35.5. The summed E-state index contributed by atoms with van der Waals surface area (Å²) in [5.74, 6) is -0.638. The molecular weight excluding hydrogens is 307 g/mol. The standard InChI is InChI=1S/C11H6Cl2N4O3/c12-8-5-9(16-11(13)14-8)15-10(18)6-3-1-2-4-7(6)17(19)20/h1-5H,(H,14,15,16,18). The number of nitrogens with one attached hydrogen (secondary N) is 1. The zero-order valence-corrected chi connectivity index (χ0v) is 11.2. The topological polar surface area (TPSA) is 98.0 Å². The number of halogens is 2. The Labute approximate surface area is 122 Å². The zero-order valence-electron chi connectivity index (χ0n) is 9.71. The Morgan fingerprint density at radius 3 is 2.60 bits per heavy atom. The van der Waals surface area contributed by atoms with E-state index in [-0.39, 0.29) is 27.5 Å². The van der Waals surface area contributed by atoms with Crippen LogP contribution in [0.3, 0.4) is 0 Å². The number of carbonyl (C=O) groups is 1. The summed E-state index contributed by atoms with van der Waals surface area (Å²) in [6.45, 7) is 0. The Kier molecular flexibility index (Phi) is 4.11. The lowest BCUT2D eigenvalue weighted by atomic mass is 10.1. The van der Waals surface area contributed by atoms with E-state index in [2.05, 4.69) is 15.3 Å². The quantitative estimate of drug-likeness (QED) is 0.406. The molecule has 0 saturated carbocycles. The van der Waals surface area contributed by atoms with Crippen LogP contribution in [0.1, 0.15) is 10.4 Å². The molecule has 0 bridgehead atoms. The van der Waals surface area contributed by atoms with Crippen molar-refractivity contribution in [1.29, 1.82) is 0 Å². The number of benzene rings is 1. The Bertz CT molecular complexity index is 673. The van der Waals surface area contributed by atoms with Gasteiger partial charge in [0.25, 0.3) is 11.6 Å². The molecule has 1 heterocycles. The number of para-hydroxylation sites is 1. The van der Waals surface area contributed by atoms with E-state index in [4.69, 9.17) is 23.2 Å². The van der Waals surface area contributed by atoms with Gasteiger partial charge in [0.05, 0.1) is 4.92 Å². The van der Waals surface area contributed by atoms with Crippen molar-refractivity contribution in [2.75, 3.05) is 5.32 Å². The molecular formula is C11H6Cl2N4O3. The molecule has 0 radical (unpaired) electrons. The highest BCUT2D eigenvalue weighted by Gasteiger charge is 2.19. The number of hydrogen-bond acceptors (Lipinski definition) is 5. The van der Waals surface area contributed by atoms with Crippen molar-refractivity contribution in [3.63, 3.8) is 0 Å². The van der Waals surface area contributed by atoms with E-state index < -0.39 is 10.8 Å². The fraction of sp³-hybridized carbons (Fsp3) is 0. The van der Waals surface area contributed by atoms with Crippen molar-refractivity contribution in [1.82, 2.24) is 9.97 Å². The molecule has 0 fully saturated rings. The molecule has 9 heteroatoms. The van der Waals surface area contributed by atoms with Gasteiger partial charge in [-0.3, -0.25) is 14.9 Å². The molecule has 7 nitrogen and oxygen atoms in total. The molecule has 1 N–H and O–H groups in total. The molecule has 0 aliphatic heterocycles. The molecule has 0 unspecified atom stereocenters. The highest BCUT2D eigenvalue weighted by Crippen LogP contribution is 2.20. The molecule has 0 saturated heterocycles. The molecule has 0 spiro atoms.